The van der Waals surface area contributed by atoms with Crippen LogP contribution < -0.4 is 0 Å². The van der Waals surface area contributed by atoms with Crippen molar-refractivity contribution in [1.82, 2.24) is 4.90 Å². The van der Waals surface area contributed by atoms with Crippen molar-refractivity contribution in [1.29, 1.82) is 0 Å². The number of rotatable bonds is 1. The summed E-state index contributed by atoms with van der Waals surface area (Å²) in [4.78, 5) is 15.1. The molecular weight excluding hydrogens is 218 g/mol. The highest BCUT2D eigenvalue weighted by atomic mass is 32.1. The van der Waals surface area contributed by atoms with Gasteiger partial charge in [-0.25, -0.2) is 0 Å². The molecule has 16 heavy (non-hydrogen) atoms. The largest absolute Gasteiger partial charge is 0.336 e. The minimum absolute atomic E-state index is 0.132. The summed E-state index contributed by atoms with van der Waals surface area (Å²) < 4.78 is 0. The third kappa shape index (κ3) is 2.24. The first-order valence-corrected chi connectivity index (χ1v) is 6.12. The van der Waals surface area contributed by atoms with Crippen molar-refractivity contribution in [2.75, 3.05) is 6.54 Å². The molecule has 0 aliphatic carbocycles. The molecule has 1 aromatic rings. The zero-order chi connectivity index (χ0) is 11.7. The van der Waals surface area contributed by atoms with Crippen molar-refractivity contribution in [2.45, 2.75) is 31.2 Å². The van der Waals surface area contributed by atoms with Crippen LogP contribution in [-0.4, -0.2) is 23.4 Å². The molecule has 0 saturated carbocycles. The molecule has 2 nitrogen and oxygen atoms in total. The Kier molecular flexibility index (Phi) is 3.24. The molecule has 3 heteroatoms. The lowest BCUT2D eigenvalue weighted by Crippen LogP contribution is -2.33. The number of hydrogen-bond acceptors (Lipinski definition) is 2. The predicted octanol–water partition coefficient (Wildman–Crippen LogP) is 2.85. The molecule has 1 saturated heterocycles. The molecule has 0 N–H and O–H groups in total. The molecule has 1 heterocycles. The maximum atomic E-state index is 12.2. The number of hydrogen-bond donors (Lipinski definition) is 1. The van der Waals surface area contributed by atoms with Gasteiger partial charge >= 0.3 is 0 Å². The lowest BCUT2D eigenvalue weighted by Gasteiger charge is -2.21. The van der Waals surface area contributed by atoms with Crippen molar-refractivity contribution >= 4 is 18.5 Å². The van der Waals surface area contributed by atoms with Gasteiger partial charge in [0.25, 0.3) is 5.91 Å². The van der Waals surface area contributed by atoms with E-state index < -0.39 is 0 Å². The van der Waals surface area contributed by atoms with Crippen LogP contribution in [0.2, 0.25) is 0 Å². The minimum Gasteiger partial charge on any atom is -0.336 e. The van der Waals surface area contributed by atoms with Crippen LogP contribution in [0.1, 0.15) is 30.6 Å². The van der Waals surface area contributed by atoms with Gasteiger partial charge in [-0.2, -0.15) is 0 Å². The maximum absolute atomic E-state index is 12.2. The topological polar surface area (TPSA) is 20.3 Å². The van der Waals surface area contributed by atoms with Crippen molar-refractivity contribution in [3.63, 3.8) is 0 Å². The number of nitrogens with zero attached hydrogens (tertiary/aromatic N) is 1. The van der Waals surface area contributed by atoms with E-state index in [0.717, 1.165) is 23.4 Å². The summed E-state index contributed by atoms with van der Waals surface area (Å²) in [5.74, 6) is 0.742. The number of amides is 1. The van der Waals surface area contributed by atoms with Crippen LogP contribution in [0.5, 0.6) is 0 Å². The van der Waals surface area contributed by atoms with E-state index >= 15 is 0 Å². The highest BCUT2D eigenvalue weighted by molar-refractivity contribution is 7.80. The van der Waals surface area contributed by atoms with E-state index in [2.05, 4.69) is 26.5 Å². The van der Waals surface area contributed by atoms with Crippen LogP contribution in [0, 0.1) is 5.92 Å². The summed E-state index contributed by atoms with van der Waals surface area (Å²) in [6, 6.07) is 7.81. The summed E-state index contributed by atoms with van der Waals surface area (Å²) in [7, 11) is 0. The van der Waals surface area contributed by atoms with Crippen LogP contribution in [0.4, 0.5) is 0 Å². The molecule has 1 aliphatic heterocycles. The van der Waals surface area contributed by atoms with Gasteiger partial charge in [-0.3, -0.25) is 4.79 Å². The van der Waals surface area contributed by atoms with Crippen LogP contribution in [-0.2, 0) is 0 Å². The van der Waals surface area contributed by atoms with Crippen LogP contribution in [0.3, 0.4) is 0 Å². The van der Waals surface area contributed by atoms with E-state index in [4.69, 9.17) is 0 Å². The first-order valence-electron chi connectivity index (χ1n) is 5.68. The van der Waals surface area contributed by atoms with Crippen LogP contribution in [0.15, 0.2) is 29.2 Å². The second kappa shape index (κ2) is 4.50. The van der Waals surface area contributed by atoms with E-state index in [-0.39, 0.29) is 5.91 Å². The average molecular weight is 235 g/mol. The summed E-state index contributed by atoms with van der Waals surface area (Å²) in [5.41, 5.74) is 0.744. The lowest BCUT2D eigenvalue weighted by atomic mass is 10.1. The second-order valence-corrected chi connectivity index (χ2v) is 5.21. The summed E-state index contributed by atoms with van der Waals surface area (Å²) in [5, 5.41) is 0. The zero-order valence-electron chi connectivity index (χ0n) is 9.68. The third-order valence-electron chi connectivity index (χ3n) is 3.14. The average Bonchev–Trinajstić information content (AvgIpc) is 2.57. The molecule has 1 aromatic carbocycles. The van der Waals surface area contributed by atoms with E-state index in [1.165, 1.54) is 0 Å². The molecule has 0 radical (unpaired) electrons. The molecule has 1 amide bonds. The summed E-state index contributed by atoms with van der Waals surface area (Å²) in [6.07, 6.45) is 1.10. The Morgan fingerprint density at radius 1 is 1.44 bits per heavy atom. The van der Waals surface area contributed by atoms with Gasteiger partial charge in [-0.1, -0.05) is 13.0 Å². The normalized spacial score (nSPS) is 24.8. The number of thiol groups is 1. The first-order chi connectivity index (χ1) is 7.58. The standard InChI is InChI=1S/C13H17NOS/c1-9-6-10(2)14(8-9)13(15)11-4-3-5-12(16)7-11/h3-5,7,9-10,16H,6,8H2,1-2H3. The zero-order valence-corrected chi connectivity index (χ0v) is 10.6. The molecule has 2 unspecified atom stereocenters. The van der Waals surface area contributed by atoms with Gasteiger partial charge in [0.2, 0.25) is 0 Å². The molecule has 86 valence electrons. The number of benzene rings is 1. The second-order valence-electron chi connectivity index (χ2n) is 4.70. The van der Waals surface area contributed by atoms with E-state index in [0.29, 0.717) is 12.0 Å². The van der Waals surface area contributed by atoms with E-state index in [1.54, 1.807) is 0 Å². The van der Waals surface area contributed by atoms with E-state index in [1.807, 2.05) is 29.2 Å². The predicted molar refractivity (Wildman–Crippen MR) is 68.0 cm³/mol. The molecular formula is C13H17NOS. The van der Waals surface area contributed by atoms with Crippen molar-refractivity contribution in [2.24, 2.45) is 5.92 Å². The SMILES string of the molecule is CC1CC(C)N(C(=O)c2cccc(S)c2)C1. The van der Waals surface area contributed by atoms with Gasteiger partial charge in [0, 0.05) is 23.0 Å². The maximum Gasteiger partial charge on any atom is 0.254 e. The molecule has 2 atom stereocenters. The van der Waals surface area contributed by atoms with Crippen molar-refractivity contribution < 1.29 is 4.79 Å². The fourth-order valence-corrected chi connectivity index (χ4v) is 2.61. The molecule has 1 aliphatic rings. The highest BCUT2D eigenvalue weighted by Crippen LogP contribution is 2.24. The Bertz CT molecular complexity index is 405. The third-order valence-corrected chi connectivity index (χ3v) is 3.42. The fourth-order valence-electron chi connectivity index (χ4n) is 2.39. The fraction of sp³-hybridized carbons (Fsp3) is 0.462. The Balaban J connectivity index is 2.19. The molecule has 1 fully saturated rings. The molecule has 0 spiro atoms. The Morgan fingerprint density at radius 3 is 2.75 bits per heavy atom. The Hall–Kier alpha value is -0.960. The summed E-state index contributed by atoms with van der Waals surface area (Å²) >= 11 is 4.26. The van der Waals surface area contributed by atoms with Gasteiger partial charge in [-0.15, -0.1) is 12.6 Å². The highest BCUT2D eigenvalue weighted by Gasteiger charge is 2.30. The van der Waals surface area contributed by atoms with Gasteiger partial charge < -0.3 is 4.90 Å². The van der Waals surface area contributed by atoms with Gasteiger partial charge in [0.15, 0.2) is 0 Å². The van der Waals surface area contributed by atoms with Gasteiger partial charge in [0.1, 0.15) is 0 Å². The molecule has 2 rings (SSSR count). The lowest BCUT2D eigenvalue weighted by molar-refractivity contribution is 0.0743. The Labute approximate surface area is 102 Å². The number of carbonyl (C=O) groups is 1. The number of likely N-dealkylation sites (tertiary alicyclic amines) is 1. The first kappa shape index (κ1) is 11.5. The quantitative estimate of drug-likeness (QED) is 0.742. The van der Waals surface area contributed by atoms with Gasteiger partial charge in [0.05, 0.1) is 0 Å². The number of carbonyl (C=O) groups excluding carboxylic acids is 1. The smallest absolute Gasteiger partial charge is 0.254 e. The summed E-state index contributed by atoms with van der Waals surface area (Å²) in [6.45, 7) is 5.18. The van der Waals surface area contributed by atoms with E-state index in [9.17, 15) is 4.79 Å². The van der Waals surface area contributed by atoms with Crippen molar-refractivity contribution in [3.8, 4) is 0 Å². The Morgan fingerprint density at radius 2 is 2.19 bits per heavy atom. The van der Waals surface area contributed by atoms with Gasteiger partial charge in [-0.05, 0) is 37.5 Å². The molecule has 0 bridgehead atoms. The van der Waals surface area contributed by atoms with Crippen LogP contribution >= 0.6 is 12.6 Å². The molecule has 0 aromatic heterocycles. The minimum atomic E-state index is 0.132. The van der Waals surface area contributed by atoms with Crippen molar-refractivity contribution in [3.05, 3.63) is 29.8 Å². The monoisotopic (exact) mass is 235 g/mol. The van der Waals surface area contributed by atoms with Crippen LogP contribution in [0.25, 0.3) is 0 Å².